The lowest BCUT2D eigenvalue weighted by Crippen LogP contribution is -2.59. The molecule has 5 atom stereocenters. The summed E-state index contributed by atoms with van der Waals surface area (Å²) in [6.45, 7) is 0.216. The lowest BCUT2D eigenvalue weighted by Gasteiger charge is -2.24. The van der Waals surface area contributed by atoms with E-state index in [1.165, 1.54) is 0 Å². The molecule has 0 aromatic heterocycles. The quantitative estimate of drug-likeness (QED) is 0.137. The maximum atomic E-state index is 12.2. The molecule has 0 rings (SSSR count). The Balaban J connectivity index is 4.99. The summed E-state index contributed by atoms with van der Waals surface area (Å²) in [6, 6.07) is -6.00. The molecule has 160 valence electrons. The third-order valence-electron chi connectivity index (χ3n) is 3.41. The van der Waals surface area contributed by atoms with Gasteiger partial charge in [-0.25, -0.2) is 4.79 Å². The smallest absolute Gasteiger partial charge is 0.328 e. The minimum atomic E-state index is -1.67. The minimum Gasteiger partial charge on any atom is -0.481 e. The van der Waals surface area contributed by atoms with Crippen LogP contribution >= 0.6 is 12.6 Å². The van der Waals surface area contributed by atoms with Crippen LogP contribution < -0.4 is 21.7 Å². The first kappa shape index (κ1) is 25.6. The van der Waals surface area contributed by atoms with Gasteiger partial charge in [0.05, 0.1) is 25.2 Å². The Hall–Kier alpha value is -2.42. The summed E-state index contributed by atoms with van der Waals surface area (Å²) in [4.78, 5) is 57.6. The van der Waals surface area contributed by atoms with Gasteiger partial charge in [-0.2, -0.15) is 12.6 Å². The molecule has 0 aliphatic carbocycles. The second kappa shape index (κ2) is 12.1. The average molecular weight is 424 g/mol. The Labute approximate surface area is 165 Å². The van der Waals surface area contributed by atoms with Gasteiger partial charge in [0.25, 0.3) is 0 Å². The first-order valence-corrected chi connectivity index (χ1v) is 8.58. The van der Waals surface area contributed by atoms with Crippen molar-refractivity contribution in [3.05, 3.63) is 0 Å². The van der Waals surface area contributed by atoms with Crippen molar-refractivity contribution in [1.82, 2.24) is 16.0 Å². The van der Waals surface area contributed by atoms with Crippen molar-refractivity contribution in [1.29, 1.82) is 0 Å². The Morgan fingerprint density at radius 1 is 0.964 bits per heavy atom. The third-order valence-corrected chi connectivity index (χ3v) is 3.77. The molecule has 3 amide bonds. The summed E-state index contributed by atoms with van der Waals surface area (Å²) in [7, 11) is 0. The van der Waals surface area contributed by atoms with Crippen LogP contribution in [0.3, 0.4) is 0 Å². The topological polar surface area (TPSA) is 228 Å². The molecule has 9 N–H and O–H groups in total. The van der Waals surface area contributed by atoms with Crippen LogP contribution in [0.2, 0.25) is 0 Å². The van der Waals surface area contributed by atoms with Crippen LogP contribution in [0.5, 0.6) is 0 Å². The fourth-order valence-corrected chi connectivity index (χ4v) is 2.12. The van der Waals surface area contributed by atoms with Crippen molar-refractivity contribution in [2.24, 2.45) is 5.73 Å². The SMILES string of the molecule is CC(O)C(NC(=O)C(CO)NC(=O)C(CS)NC(=O)C(N)CC(=O)O)C(=O)O. The number of amides is 3. The lowest BCUT2D eigenvalue weighted by molar-refractivity contribution is -0.145. The molecule has 0 bridgehead atoms. The summed E-state index contributed by atoms with van der Waals surface area (Å²) in [6.07, 6.45) is -2.12. The highest BCUT2D eigenvalue weighted by Gasteiger charge is 2.31. The standard InChI is InChI=1S/C14H24N4O9S/c1-5(20)10(14(26)27)18-12(24)7(3-19)16-13(25)8(4-28)17-11(23)6(15)2-9(21)22/h5-8,10,19-20,28H,2-4,15H2,1H3,(H,16,25)(H,17,23)(H,18,24)(H,21,22)(H,26,27). The van der Waals surface area contributed by atoms with Crippen molar-refractivity contribution in [2.75, 3.05) is 12.4 Å². The van der Waals surface area contributed by atoms with E-state index in [2.05, 4.69) is 23.3 Å². The predicted molar refractivity (Wildman–Crippen MR) is 96.3 cm³/mol. The first-order valence-electron chi connectivity index (χ1n) is 7.95. The molecule has 0 aliphatic rings. The van der Waals surface area contributed by atoms with Crippen LogP contribution in [0.25, 0.3) is 0 Å². The molecular weight excluding hydrogens is 400 g/mol. The van der Waals surface area contributed by atoms with Crippen LogP contribution in [0.15, 0.2) is 0 Å². The van der Waals surface area contributed by atoms with E-state index in [0.29, 0.717) is 0 Å². The van der Waals surface area contributed by atoms with Gasteiger partial charge in [-0.1, -0.05) is 0 Å². The van der Waals surface area contributed by atoms with Crippen LogP contribution in [0.1, 0.15) is 13.3 Å². The lowest BCUT2D eigenvalue weighted by atomic mass is 10.1. The maximum Gasteiger partial charge on any atom is 0.328 e. The van der Waals surface area contributed by atoms with Crippen LogP contribution in [-0.4, -0.2) is 92.7 Å². The van der Waals surface area contributed by atoms with Crippen molar-refractivity contribution in [3.8, 4) is 0 Å². The van der Waals surface area contributed by atoms with Crippen molar-refractivity contribution < 1.29 is 44.4 Å². The minimum absolute atomic E-state index is 0.247. The predicted octanol–water partition coefficient (Wildman–Crippen LogP) is -4.37. The van der Waals surface area contributed by atoms with Gasteiger partial charge in [-0.05, 0) is 6.92 Å². The van der Waals surface area contributed by atoms with E-state index in [0.717, 1.165) is 6.92 Å². The van der Waals surface area contributed by atoms with E-state index >= 15 is 0 Å². The van der Waals surface area contributed by atoms with Gasteiger partial charge in [-0.3, -0.25) is 19.2 Å². The molecule has 0 saturated carbocycles. The van der Waals surface area contributed by atoms with E-state index in [4.69, 9.17) is 15.9 Å². The normalized spacial score (nSPS) is 16.0. The molecule has 0 heterocycles. The summed E-state index contributed by atoms with van der Waals surface area (Å²) in [5, 5.41) is 42.4. The molecule has 13 nitrogen and oxygen atoms in total. The van der Waals surface area contributed by atoms with Gasteiger partial charge in [0, 0.05) is 5.75 Å². The van der Waals surface area contributed by atoms with E-state index < -0.39 is 73.0 Å². The molecule has 0 fully saturated rings. The Morgan fingerprint density at radius 3 is 1.86 bits per heavy atom. The Morgan fingerprint density at radius 2 is 1.46 bits per heavy atom. The summed E-state index contributed by atoms with van der Waals surface area (Å²) in [5.41, 5.74) is 5.38. The van der Waals surface area contributed by atoms with Crippen molar-refractivity contribution >= 4 is 42.3 Å². The van der Waals surface area contributed by atoms with Gasteiger partial charge < -0.3 is 42.1 Å². The number of aliphatic hydroxyl groups excluding tert-OH is 2. The molecule has 28 heavy (non-hydrogen) atoms. The van der Waals surface area contributed by atoms with Crippen LogP contribution in [0, 0.1) is 0 Å². The number of hydrogen-bond acceptors (Lipinski definition) is 9. The first-order chi connectivity index (χ1) is 12.9. The molecule has 0 saturated heterocycles. The van der Waals surface area contributed by atoms with Gasteiger partial charge in [0.15, 0.2) is 6.04 Å². The average Bonchev–Trinajstić information content (AvgIpc) is 2.59. The molecular formula is C14H24N4O9S. The number of aliphatic hydroxyl groups is 2. The number of carbonyl (C=O) groups excluding carboxylic acids is 3. The highest BCUT2D eigenvalue weighted by Crippen LogP contribution is 1.98. The number of carbonyl (C=O) groups is 5. The number of thiol groups is 1. The van der Waals surface area contributed by atoms with Crippen molar-refractivity contribution in [3.63, 3.8) is 0 Å². The summed E-state index contributed by atoms with van der Waals surface area (Å²) < 4.78 is 0. The Kier molecular flexibility index (Phi) is 11.1. The number of rotatable bonds is 12. The number of carboxylic acids is 2. The fourth-order valence-electron chi connectivity index (χ4n) is 1.86. The van der Waals surface area contributed by atoms with E-state index in [1.54, 1.807) is 0 Å². The molecule has 0 aromatic rings. The zero-order valence-corrected chi connectivity index (χ0v) is 15.8. The summed E-state index contributed by atoms with van der Waals surface area (Å²) >= 11 is 3.87. The van der Waals surface area contributed by atoms with Crippen LogP contribution in [-0.2, 0) is 24.0 Å². The highest BCUT2D eigenvalue weighted by atomic mass is 32.1. The Bertz CT molecular complexity index is 601. The number of hydrogen-bond donors (Lipinski definition) is 9. The maximum absolute atomic E-state index is 12.2. The van der Waals surface area contributed by atoms with Gasteiger partial charge >= 0.3 is 11.9 Å². The zero-order valence-electron chi connectivity index (χ0n) is 14.9. The number of nitrogens with two attached hydrogens (primary N) is 1. The number of nitrogens with one attached hydrogen (secondary N) is 3. The number of aliphatic carboxylic acids is 2. The van der Waals surface area contributed by atoms with Gasteiger partial charge in [0.1, 0.15) is 12.1 Å². The molecule has 0 radical (unpaired) electrons. The monoisotopic (exact) mass is 424 g/mol. The van der Waals surface area contributed by atoms with Gasteiger partial charge in [0.2, 0.25) is 17.7 Å². The van der Waals surface area contributed by atoms with Crippen molar-refractivity contribution in [2.45, 2.75) is 43.6 Å². The second-order valence-electron chi connectivity index (χ2n) is 5.76. The van der Waals surface area contributed by atoms with Crippen LogP contribution in [0.4, 0.5) is 0 Å². The second-order valence-corrected chi connectivity index (χ2v) is 6.12. The van der Waals surface area contributed by atoms with E-state index in [-0.39, 0.29) is 5.75 Å². The van der Waals surface area contributed by atoms with E-state index in [9.17, 15) is 34.2 Å². The molecule has 0 spiro atoms. The third kappa shape index (κ3) is 8.51. The van der Waals surface area contributed by atoms with E-state index in [1.807, 2.05) is 5.32 Å². The molecule has 5 unspecified atom stereocenters. The molecule has 0 aliphatic heterocycles. The molecule has 14 heteroatoms. The molecule has 0 aromatic carbocycles. The summed E-state index contributed by atoms with van der Waals surface area (Å²) in [5.74, 6) is -6.08. The fraction of sp³-hybridized carbons (Fsp3) is 0.643. The number of carboxylic acid groups (broad SMARTS) is 2. The van der Waals surface area contributed by atoms with Gasteiger partial charge in [-0.15, -0.1) is 0 Å². The largest absolute Gasteiger partial charge is 0.481 e. The highest BCUT2D eigenvalue weighted by molar-refractivity contribution is 7.80. The zero-order chi connectivity index (χ0) is 22.0.